The van der Waals surface area contributed by atoms with Crippen molar-refractivity contribution < 1.29 is 4.79 Å². The van der Waals surface area contributed by atoms with Gasteiger partial charge in [-0.2, -0.15) is 0 Å². The van der Waals surface area contributed by atoms with Crippen LogP contribution in [0.3, 0.4) is 0 Å². The molecule has 0 bridgehead atoms. The van der Waals surface area contributed by atoms with Crippen molar-refractivity contribution in [2.24, 2.45) is 0 Å². The molecular weight excluding hydrogens is 182 g/mol. The van der Waals surface area contributed by atoms with Crippen LogP contribution in [0.5, 0.6) is 0 Å². The molecule has 0 spiro atoms. The summed E-state index contributed by atoms with van der Waals surface area (Å²) in [6.07, 6.45) is 1.04. The van der Waals surface area contributed by atoms with Crippen LogP contribution in [-0.4, -0.2) is 17.3 Å². The Morgan fingerprint density at radius 1 is 1.78 bits per heavy atom. The lowest BCUT2D eigenvalue weighted by molar-refractivity contribution is -0.118. The lowest BCUT2D eigenvalue weighted by Gasteiger charge is -2.05. The average Bonchev–Trinajstić information content (AvgIpc) is 1.83. The maximum atomic E-state index is 10.3. The summed E-state index contributed by atoms with van der Waals surface area (Å²) >= 11 is 3.39. The molecule has 0 aliphatic heterocycles. The lowest BCUT2D eigenvalue weighted by atomic mass is 10.3. The number of hydrogen-bond donors (Lipinski definition) is 1. The van der Waals surface area contributed by atoms with E-state index in [2.05, 4.69) is 28.2 Å². The zero-order chi connectivity index (χ0) is 7.28. The molecule has 0 radical (unpaired) electrons. The molecule has 3 heteroatoms. The summed E-state index contributed by atoms with van der Waals surface area (Å²) < 4.78 is 0. The molecular formula is C6H12BrNO. The molecule has 0 heterocycles. The van der Waals surface area contributed by atoms with Crippen molar-refractivity contribution in [3.8, 4) is 0 Å². The third kappa shape index (κ3) is 5.83. The Kier molecular flexibility index (Phi) is 4.77. The highest BCUT2D eigenvalue weighted by atomic mass is 79.9. The second kappa shape index (κ2) is 4.79. The summed E-state index contributed by atoms with van der Waals surface area (Å²) in [6, 6.07) is 0. The molecule has 0 saturated carbocycles. The topological polar surface area (TPSA) is 29.1 Å². The molecule has 0 saturated heterocycles. The van der Waals surface area contributed by atoms with Crippen LogP contribution >= 0.6 is 15.9 Å². The van der Waals surface area contributed by atoms with Crippen molar-refractivity contribution in [2.45, 2.75) is 25.1 Å². The number of halogens is 1. The minimum atomic E-state index is 0.0351. The van der Waals surface area contributed by atoms with Gasteiger partial charge in [0.05, 0.1) is 0 Å². The summed E-state index contributed by atoms with van der Waals surface area (Å²) in [4.78, 5) is 10.8. The summed E-state index contributed by atoms with van der Waals surface area (Å²) in [5.41, 5.74) is 0. The molecule has 54 valence electrons. The van der Waals surface area contributed by atoms with Crippen molar-refractivity contribution in [1.29, 1.82) is 0 Å². The Hall–Kier alpha value is -0.0500. The van der Waals surface area contributed by atoms with Gasteiger partial charge in [-0.05, 0) is 6.42 Å². The summed E-state index contributed by atoms with van der Waals surface area (Å²) in [7, 11) is 0. The Labute approximate surface area is 64.1 Å². The van der Waals surface area contributed by atoms with Gasteiger partial charge in [0.15, 0.2) is 0 Å². The zero-order valence-corrected chi connectivity index (χ0v) is 7.36. The first-order valence-corrected chi connectivity index (χ1v) is 3.97. The Morgan fingerprint density at radius 3 is 2.67 bits per heavy atom. The normalized spacial score (nSPS) is 12.8. The summed E-state index contributed by atoms with van der Waals surface area (Å²) in [5, 5.41) is 2.71. The second-order valence-electron chi connectivity index (χ2n) is 1.94. The predicted molar refractivity (Wildman–Crippen MR) is 41.7 cm³/mol. The van der Waals surface area contributed by atoms with Crippen LogP contribution in [0.4, 0.5) is 0 Å². The first-order chi connectivity index (χ1) is 4.16. The fraction of sp³-hybridized carbons (Fsp3) is 0.833. The molecule has 0 rings (SSSR count). The van der Waals surface area contributed by atoms with Crippen molar-refractivity contribution in [2.75, 3.05) is 6.54 Å². The summed E-state index contributed by atoms with van der Waals surface area (Å²) in [5.74, 6) is 0.0351. The van der Waals surface area contributed by atoms with Gasteiger partial charge in [-0.1, -0.05) is 22.9 Å². The molecule has 0 aromatic rings. The number of alkyl halides is 1. The van der Waals surface area contributed by atoms with E-state index in [1.165, 1.54) is 6.92 Å². The van der Waals surface area contributed by atoms with Gasteiger partial charge in [-0.3, -0.25) is 4.79 Å². The molecule has 9 heavy (non-hydrogen) atoms. The zero-order valence-electron chi connectivity index (χ0n) is 5.78. The highest BCUT2D eigenvalue weighted by Crippen LogP contribution is 2.00. The quantitative estimate of drug-likeness (QED) is 0.674. The van der Waals surface area contributed by atoms with Crippen LogP contribution in [0.2, 0.25) is 0 Å². The molecule has 0 aliphatic rings. The maximum Gasteiger partial charge on any atom is 0.216 e. The molecule has 0 aromatic heterocycles. The van der Waals surface area contributed by atoms with Crippen molar-refractivity contribution in [3.63, 3.8) is 0 Å². The van der Waals surface area contributed by atoms with E-state index >= 15 is 0 Å². The number of hydrogen-bond acceptors (Lipinski definition) is 1. The van der Waals surface area contributed by atoms with Crippen LogP contribution in [0, 0.1) is 0 Å². The Balaban J connectivity index is 3.16. The van der Waals surface area contributed by atoms with E-state index in [1.54, 1.807) is 0 Å². The van der Waals surface area contributed by atoms with Crippen LogP contribution < -0.4 is 5.32 Å². The van der Waals surface area contributed by atoms with E-state index in [-0.39, 0.29) is 5.91 Å². The Morgan fingerprint density at radius 2 is 2.33 bits per heavy atom. The largest absolute Gasteiger partial charge is 0.355 e. The standard InChI is InChI=1S/C6H12BrNO/c1-3-6(7)4-8-5(2)9/h6H,3-4H2,1-2H3,(H,8,9). The van der Waals surface area contributed by atoms with Crippen molar-refractivity contribution in [1.82, 2.24) is 5.32 Å². The van der Waals surface area contributed by atoms with E-state index in [0.29, 0.717) is 4.83 Å². The summed E-state index contributed by atoms with van der Waals surface area (Å²) in [6.45, 7) is 4.32. The van der Waals surface area contributed by atoms with Crippen molar-refractivity contribution in [3.05, 3.63) is 0 Å². The molecule has 0 aliphatic carbocycles. The van der Waals surface area contributed by atoms with Gasteiger partial charge >= 0.3 is 0 Å². The lowest BCUT2D eigenvalue weighted by Crippen LogP contribution is -2.26. The molecule has 1 atom stereocenters. The number of carbonyl (C=O) groups excluding carboxylic acids is 1. The van der Waals surface area contributed by atoms with Crippen LogP contribution in [0.15, 0.2) is 0 Å². The third-order valence-electron chi connectivity index (χ3n) is 1.02. The number of carbonyl (C=O) groups is 1. The second-order valence-corrected chi connectivity index (χ2v) is 3.24. The first-order valence-electron chi connectivity index (χ1n) is 3.05. The van der Waals surface area contributed by atoms with Gasteiger partial charge in [-0.15, -0.1) is 0 Å². The van der Waals surface area contributed by atoms with E-state index in [9.17, 15) is 4.79 Å². The smallest absolute Gasteiger partial charge is 0.216 e. The Bertz CT molecular complexity index is 95.1. The predicted octanol–water partition coefficient (Wildman–Crippen LogP) is 1.30. The first kappa shape index (κ1) is 8.95. The number of amides is 1. The monoisotopic (exact) mass is 193 g/mol. The van der Waals surface area contributed by atoms with E-state index in [1.807, 2.05) is 0 Å². The van der Waals surface area contributed by atoms with Gasteiger partial charge < -0.3 is 5.32 Å². The molecule has 1 N–H and O–H groups in total. The van der Waals surface area contributed by atoms with Crippen LogP contribution in [0.25, 0.3) is 0 Å². The van der Waals surface area contributed by atoms with Gasteiger partial charge in [0.1, 0.15) is 0 Å². The fourth-order valence-electron chi connectivity index (χ4n) is 0.399. The maximum absolute atomic E-state index is 10.3. The SMILES string of the molecule is CCC(Br)CNC(C)=O. The number of nitrogens with one attached hydrogen (secondary N) is 1. The highest BCUT2D eigenvalue weighted by Gasteiger charge is 1.99. The average molecular weight is 194 g/mol. The third-order valence-corrected chi connectivity index (χ3v) is 1.99. The van der Waals surface area contributed by atoms with Crippen molar-refractivity contribution >= 4 is 21.8 Å². The molecule has 0 fully saturated rings. The van der Waals surface area contributed by atoms with E-state index < -0.39 is 0 Å². The van der Waals surface area contributed by atoms with Gasteiger partial charge in [0.25, 0.3) is 0 Å². The van der Waals surface area contributed by atoms with E-state index in [4.69, 9.17) is 0 Å². The fourth-order valence-corrected chi connectivity index (χ4v) is 0.561. The van der Waals surface area contributed by atoms with Crippen LogP contribution in [0.1, 0.15) is 20.3 Å². The minimum absolute atomic E-state index is 0.0351. The van der Waals surface area contributed by atoms with Gasteiger partial charge in [0.2, 0.25) is 5.91 Å². The van der Waals surface area contributed by atoms with E-state index in [0.717, 1.165) is 13.0 Å². The van der Waals surface area contributed by atoms with Crippen LogP contribution in [-0.2, 0) is 4.79 Å². The number of rotatable bonds is 3. The molecule has 2 nitrogen and oxygen atoms in total. The molecule has 0 aromatic carbocycles. The van der Waals surface area contributed by atoms with Gasteiger partial charge in [0, 0.05) is 18.3 Å². The van der Waals surface area contributed by atoms with Gasteiger partial charge in [-0.25, -0.2) is 0 Å². The minimum Gasteiger partial charge on any atom is -0.355 e. The highest BCUT2D eigenvalue weighted by molar-refractivity contribution is 9.09. The molecule has 1 amide bonds. The molecule has 1 unspecified atom stereocenters.